The highest BCUT2D eigenvalue weighted by atomic mass is 16.5. The van der Waals surface area contributed by atoms with Crippen LogP contribution in [0.2, 0.25) is 0 Å². The van der Waals surface area contributed by atoms with E-state index in [4.69, 9.17) is 24.4 Å². The number of nitrogens with zero attached hydrogens (tertiary/aromatic N) is 2. The molecule has 88 heavy (non-hydrogen) atoms. The Kier molecular flexibility index (Phi) is 37.1. The van der Waals surface area contributed by atoms with Crippen molar-refractivity contribution in [2.45, 2.75) is 69.1 Å². The third-order valence-corrected chi connectivity index (χ3v) is 12.2. The zero-order valence-electron chi connectivity index (χ0n) is 48.2. The van der Waals surface area contributed by atoms with Gasteiger partial charge in [0, 0.05) is 71.6 Å². The number of nitrogens with one attached hydrogen (secondary N) is 9. The molecule has 2 aromatic carbocycles. The predicted octanol–water partition coefficient (Wildman–Crippen LogP) is -4.44. The van der Waals surface area contributed by atoms with Crippen LogP contribution in [0.1, 0.15) is 43.2 Å². The van der Waals surface area contributed by atoms with Crippen LogP contribution < -0.4 is 52.6 Å². The third kappa shape index (κ3) is 36.7. The number of ether oxygens (including phenoxy) is 3. The summed E-state index contributed by atoms with van der Waals surface area (Å²) in [5.74, 6) is -11.7. The number of urea groups is 1. The molecule has 34 heteroatoms. The number of rotatable bonds is 50. The van der Waals surface area contributed by atoms with Gasteiger partial charge in [0.25, 0.3) is 5.91 Å². The van der Waals surface area contributed by atoms with E-state index in [1.165, 1.54) is 24.3 Å². The molecule has 0 saturated heterocycles. The van der Waals surface area contributed by atoms with E-state index in [1.807, 2.05) is 5.32 Å². The quantitative estimate of drug-likeness (QED) is 0.0278. The highest BCUT2D eigenvalue weighted by molar-refractivity contribution is 5.90. The van der Waals surface area contributed by atoms with Gasteiger partial charge in [-0.1, -0.05) is 42.5 Å². The fourth-order valence-electron chi connectivity index (χ4n) is 7.81. The van der Waals surface area contributed by atoms with Gasteiger partial charge in [0.1, 0.15) is 36.5 Å². The zero-order chi connectivity index (χ0) is 65.2. The molecule has 4 atom stereocenters. The van der Waals surface area contributed by atoms with Crippen molar-refractivity contribution in [3.8, 4) is 5.75 Å². The van der Waals surface area contributed by atoms with Gasteiger partial charge in [0.2, 0.25) is 23.6 Å². The SMILES string of the molecule is O=C(O)CC[C@H](NC(=O)N[C@@H](CCCCNC(=O)[C@H](Cc1ccccc1)NC(=O)COc1ccc(C[C@H](NC(=O)CNC(=O)COCCOCCNC(=O)CNCCN(CCN(CCNCC(=O)O)CC(=O)O)CC(=O)O)C(=O)O)cc1)C(=O)O)C(=O)O. The van der Waals surface area contributed by atoms with Crippen LogP contribution >= 0.6 is 0 Å². The van der Waals surface area contributed by atoms with Crippen LogP contribution in [0.15, 0.2) is 54.6 Å². The molecule has 2 rings (SSSR count). The first kappa shape index (κ1) is 75.0. The van der Waals surface area contributed by atoms with Crippen molar-refractivity contribution in [1.82, 2.24) is 57.7 Å². The third-order valence-electron chi connectivity index (χ3n) is 12.2. The Balaban J connectivity index is 1.70. The number of carboxylic acid groups (broad SMARTS) is 7. The van der Waals surface area contributed by atoms with Crippen LogP contribution in [0.25, 0.3) is 0 Å². The van der Waals surface area contributed by atoms with Gasteiger partial charge in [0.05, 0.1) is 52.5 Å². The molecule has 0 bridgehead atoms. The molecule has 0 aliphatic heterocycles. The minimum absolute atomic E-state index is 0.0230. The van der Waals surface area contributed by atoms with Gasteiger partial charge in [-0.05, 0) is 48.9 Å². The standard InChI is InChI=1S/C54H79N11O23/c66-42(28-55-16-19-64(31-48(74)75)21-22-65(32-49(76)77)20-17-56-30-47(72)73)57-18-23-86-24-25-87-33-44(68)59-29-43(67)61-41(53(83)84)27-36-9-11-37(12-10-36)88-34-45(69)60-40(26-35-6-2-1-3-7-35)50(78)58-15-5-4-8-38(51(79)80)62-54(85)63-39(52(81)82)13-14-46(70)71/h1-3,6-7,9-12,38-41,55-56H,4-5,8,13-34H2,(H,57,66)(H,58,78)(H,59,68)(H,60,69)(H,61,67)(H,70,71)(H,72,73)(H,74,75)(H,76,77)(H,79,80)(H,81,82)(H,83,84)(H2,62,63,85)/t38-,39-,40-,41-/m0/s1. The Hall–Kier alpha value is -9.09. The molecule has 7 amide bonds. The summed E-state index contributed by atoms with van der Waals surface area (Å²) >= 11 is 0. The Labute approximate surface area is 504 Å². The van der Waals surface area contributed by atoms with Gasteiger partial charge in [-0.25, -0.2) is 19.2 Å². The number of hydrogen-bond donors (Lipinski definition) is 16. The first-order valence-corrected chi connectivity index (χ1v) is 27.7. The van der Waals surface area contributed by atoms with Gasteiger partial charge in [-0.3, -0.25) is 53.0 Å². The van der Waals surface area contributed by atoms with E-state index in [0.717, 1.165) is 0 Å². The van der Waals surface area contributed by atoms with E-state index in [9.17, 15) is 87.9 Å². The maximum absolute atomic E-state index is 13.3. The average molecular weight is 1250 g/mol. The highest BCUT2D eigenvalue weighted by Gasteiger charge is 2.27. The van der Waals surface area contributed by atoms with Crippen molar-refractivity contribution in [2.75, 3.05) is 118 Å². The monoisotopic (exact) mass is 1250 g/mol. The second-order valence-corrected chi connectivity index (χ2v) is 19.4. The molecule has 2 aromatic rings. The number of hydrogen-bond acceptors (Lipinski definition) is 20. The van der Waals surface area contributed by atoms with Crippen molar-refractivity contribution in [3.05, 3.63) is 65.7 Å². The maximum Gasteiger partial charge on any atom is 0.326 e. The number of benzene rings is 2. The average Bonchev–Trinajstić information content (AvgIpc) is 3.58. The summed E-state index contributed by atoms with van der Waals surface area (Å²) in [6, 6.07) is 8.09. The number of unbranched alkanes of at least 4 members (excludes halogenated alkanes) is 1. The second kappa shape index (κ2) is 43.5. The second-order valence-electron chi connectivity index (χ2n) is 19.4. The Morgan fingerprint density at radius 3 is 1.57 bits per heavy atom. The van der Waals surface area contributed by atoms with Gasteiger partial charge >= 0.3 is 47.8 Å². The van der Waals surface area contributed by atoms with Crippen molar-refractivity contribution >= 4 is 77.4 Å². The molecule has 488 valence electrons. The molecule has 0 aliphatic rings. The highest BCUT2D eigenvalue weighted by Crippen LogP contribution is 2.14. The summed E-state index contributed by atoms with van der Waals surface area (Å²) in [7, 11) is 0. The van der Waals surface area contributed by atoms with E-state index in [2.05, 4.69) is 42.5 Å². The number of carboxylic acids is 7. The van der Waals surface area contributed by atoms with E-state index in [1.54, 1.807) is 40.1 Å². The molecular formula is C54H79N11O23. The van der Waals surface area contributed by atoms with Crippen LogP contribution in [-0.2, 0) is 79.8 Å². The fourth-order valence-corrected chi connectivity index (χ4v) is 7.81. The molecule has 0 spiro atoms. The predicted molar refractivity (Wildman–Crippen MR) is 305 cm³/mol. The van der Waals surface area contributed by atoms with Gasteiger partial charge in [-0.2, -0.15) is 0 Å². The molecule has 0 radical (unpaired) electrons. The van der Waals surface area contributed by atoms with E-state index in [0.29, 0.717) is 11.1 Å². The first-order valence-electron chi connectivity index (χ1n) is 27.7. The lowest BCUT2D eigenvalue weighted by atomic mass is 10.0. The molecule has 0 aliphatic carbocycles. The summed E-state index contributed by atoms with van der Waals surface area (Å²) in [5.41, 5.74) is 1.17. The summed E-state index contributed by atoms with van der Waals surface area (Å²) in [6.45, 7) is -1.01. The first-order chi connectivity index (χ1) is 41.9. The van der Waals surface area contributed by atoms with Crippen LogP contribution in [-0.4, -0.2) is 265 Å². The summed E-state index contributed by atoms with van der Waals surface area (Å²) in [4.78, 5) is 158. The molecule has 0 fully saturated rings. The molecule has 0 aromatic heterocycles. The van der Waals surface area contributed by atoms with E-state index < -0.39 is 128 Å². The minimum atomic E-state index is -1.57. The number of amides is 7. The van der Waals surface area contributed by atoms with Crippen molar-refractivity contribution in [2.24, 2.45) is 0 Å². The Morgan fingerprint density at radius 2 is 0.989 bits per heavy atom. The summed E-state index contributed by atoms with van der Waals surface area (Å²) < 4.78 is 16.2. The molecule has 0 heterocycles. The molecule has 16 N–H and O–H groups in total. The number of carbonyl (C=O) groups is 13. The number of carbonyl (C=O) groups excluding carboxylic acids is 6. The summed E-state index contributed by atoms with van der Waals surface area (Å²) in [5, 5.41) is 87.1. The van der Waals surface area contributed by atoms with Crippen LogP contribution in [0.5, 0.6) is 5.75 Å². The van der Waals surface area contributed by atoms with Crippen LogP contribution in [0.3, 0.4) is 0 Å². The summed E-state index contributed by atoms with van der Waals surface area (Å²) in [6.07, 6.45) is -0.763. The van der Waals surface area contributed by atoms with Crippen LogP contribution in [0.4, 0.5) is 4.79 Å². The van der Waals surface area contributed by atoms with E-state index >= 15 is 0 Å². The largest absolute Gasteiger partial charge is 0.484 e. The van der Waals surface area contributed by atoms with Gasteiger partial charge in [-0.15, -0.1) is 0 Å². The fraction of sp³-hybridized carbons (Fsp3) is 0.537. The van der Waals surface area contributed by atoms with Gasteiger partial charge < -0.3 is 97.8 Å². The zero-order valence-corrected chi connectivity index (χ0v) is 48.2. The molecule has 0 unspecified atom stereocenters. The van der Waals surface area contributed by atoms with Crippen molar-refractivity contribution in [3.63, 3.8) is 0 Å². The van der Waals surface area contributed by atoms with Gasteiger partial charge in [0.15, 0.2) is 6.61 Å². The topological polar surface area (TPSA) is 506 Å². The maximum atomic E-state index is 13.3. The van der Waals surface area contributed by atoms with E-state index in [-0.39, 0.29) is 142 Å². The minimum Gasteiger partial charge on any atom is -0.484 e. The Bertz CT molecular complexity index is 2580. The lowest BCUT2D eigenvalue weighted by Crippen LogP contribution is -2.51. The molecule has 0 saturated carbocycles. The normalized spacial score (nSPS) is 12.3. The lowest BCUT2D eigenvalue weighted by Gasteiger charge is -2.26. The smallest absolute Gasteiger partial charge is 0.326 e. The van der Waals surface area contributed by atoms with Crippen molar-refractivity contribution in [1.29, 1.82) is 0 Å². The molecule has 34 nitrogen and oxygen atoms in total. The van der Waals surface area contributed by atoms with Crippen LogP contribution in [0, 0.1) is 0 Å². The molecular weight excluding hydrogens is 1170 g/mol. The number of aliphatic carboxylic acids is 7. The lowest BCUT2D eigenvalue weighted by molar-refractivity contribution is -0.142. The Morgan fingerprint density at radius 1 is 0.432 bits per heavy atom. The van der Waals surface area contributed by atoms with Crippen molar-refractivity contribution < 1.29 is 112 Å².